The molecule has 0 saturated carbocycles. The lowest BCUT2D eigenvalue weighted by Gasteiger charge is -2.36. The van der Waals surface area contributed by atoms with Crippen molar-refractivity contribution in [3.05, 3.63) is 53.4 Å². The van der Waals surface area contributed by atoms with Gasteiger partial charge in [0.05, 0.1) is 11.8 Å². The van der Waals surface area contributed by atoms with Crippen molar-refractivity contribution >= 4 is 5.91 Å². The van der Waals surface area contributed by atoms with Gasteiger partial charge in [0, 0.05) is 63.3 Å². The second kappa shape index (κ2) is 8.45. The number of amides is 1. The number of ether oxygens (including phenoxy) is 1. The standard InChI is InChI=1S/C22H29N3O3/c1-16-12-20(28-23-16)13-18-14-25(15-21(18)27-2)19-8-10-24(11-9-19)22(26)17-6-4-3-5-7-17/h3-7,12,18-19,21H,8-11,13-15H2,1-2H3/t18-,21+/m1/s1. The molecule has 0 spiro atoms. The third-order valence-corrected chi connectivity index (χ3v) is 6.14. The number of piperidine rings is 1. The van der Waals surface area contributed by atoms with E-state index < -0.39 is 0 Å². The van der Waals surface area contributed by atoms with Crippen molar-refractivity contribution < 1.29 is 14.1 Å². The maximum atomic E-state index is 12.7. The zero-order valence-corrected chi connectivity index (χ0v) is 16.7. The van der Waals surface area contributed by atoms with Crippen molar-refractivity contribution in [1.29, 1.82) is 0 Å². The molecule has 2 aromatic rings. The van der Waals surface area contributed by atoms with E-state index in [2.05, 4.69) is 10.1 Å². The van der Waals surface area contributed by atoms with E-state index in [-0.39, 0.29) is 12.0 Å². The average Bonchev–Trinajstić information content (AvgIpc) is 3.34. The Hall–Kier alpha value is -2.18. The molecule has 0 bridgehead atoms. The molecule has 2 aliphatic heterocycles. The highest BCUT2D eigenvalue weighted by Gasteiger charge is 2.38. The topological polar surface area (TPSA) is 58.8 Å². The third kappa shape index (κ3) is 4.13. The molecule has 2 atom stereocenters. The van der Waals surface area contributed by atoms with Crippen LogP contribution in [0.1, 0.15) is 34.7 Å². The number of carbonyl (C=O) groups excluding carboxylic acids is 1. The second-order valence-corrected chi connectivity index (χ2v) is 8.02. The van der Waals surface area contributed by atoms with Crippen molar-refractivity contribution in [2.45, 2.75) is 38.3 Å². The van der Waals surface area contributed by atoms with E-state index in [4.69, 9.17) is 9.26 Å². The van der Waals surface area contributed by atoms with Crippen LogP contribution in [0, 0.1) is 12.8 Å². The van der Waals surface area contributed by atoms with Gasteiger partial charge >= 0.3 is 0 Å². The molecule has 2 fully saturated rings. The summed E-state index contributed by atoms with van der Waals surface area (Å²) in [5.74, 6) is 1.50. The fraction of sp³-hybridized carbons (Fsp3) is 0.545. The molecule has 2 aliphatic rings. The summed E-state index contributed by atoms with van der Waals surface area (Å²) in [6.07, 6.45) is 3.11. The molecule has 1 amide bonds. The monoisotopic (exact) mass is 383 g/mol. The Morgan fingerprint density at radius 2 is 1.96 bits per heavy atom. The minimum atomic E-state index is 0.147. The SMILES string of the molecule is CO[C@H]1CN(C2CCN(C(=O)c3ccccc3)CC2)C[C@H]1Cc1cc(C)no1. The summed E-state index contributed by atoms with van der Waals surface area (Å²) in [7, 11) is 1.80. The van der Waals surface area contributed by atoms with E-state index >= 15 is 0 Å². The van der Waals surface area contributed by atoms with Gasteiger partial charge in [0.25, 0.3) is 5.91 Å². The summed E-state index contributed by atoms with van der Waals surface area (Å²) in [4.78, 5) is 17.2. The summed E-state index contributed by atoms with van der Waals surface area (Å²) in [6.45, 7) is 5.55. The molecular formula is C22H29N3O3. The number of aryl methyl sites for hydroxylation is 1. The van der Waals surface area contributed by atoms with Crippen molar-refractivity contribution in [2.75, 3.05) is 33.3 Å². The number of likely N-dealkylation sites (tertiary alicyclic amines) is 2. The lowest BCUT2D eigenvalue weighted by molar-refractivity contribution is 0.0582. The van der Waals surface area contributed by atoms with Gasteiger partial charge in [0.15, 0.2) is 0 Å². The molecule has 28 heavy (non-hydrogen) atoms. The first kappa shape index (κ1) is 19.2. The molecule has 0 N–H and O–H groups in total. The van der Waals surface area contributed by atoms with Crippen LogP contribution in [0.2, 0.25) is 0 Å². The lowest BCUT2D eigenvalue weighted by atomic mass is 10.00. The highest BCUT2D eigenvalue weighted by molar-refractivity contribution is 5.94. The van der Waals surface area contributed by atoms with E-state index in [1.54, 1.807) is 7.11 Å². The summed E-state index contributed by atoms with van der Waals surface area (Å²) >= 11 is 0. The van der Waals surface area contributed by atoms with E-state index in [1.165, 1.54) is 0 Å². The van der Waals surface area contributed by atoms with Gasteiger partial charge in [-0.05, 0) is 31.9 Å². The minimum absolute atomic E-state index is 0.147. The van der Waals surface area contributed by atoms with Gasteiger partial charge in [0.1, 0.15) is 5.76 Å². The summed E-state index contributed by atoms with van der Waals surface area (Å²) in [5.41, 5.74) is 1.71. The molecule has 0 aliphatic carbocycles. The maximum Gasteiger partial charge on any atom is 0.253 e. The Morgan fingerprint density at radius 1 is 1.21 bits per heavy atom. The molecule has 0 unspecified atom stereocenters. The lowest BCUT2D eigenvalue weighted by Crippen LogP contribution is -2.46. The Morgan fingerprint density at radius 3 is 2.61 bits per heavy atom. The van der Waals surface area contributed by atoms with Crippen LogP contribution < -0.4 is 0 Å². The van der Waals surface area contributed by atoms with Crippen molar-refractivity contribution in [2.24, 2.45) is 5.92 Å². The molecule has 2 saturated heterocycles. The van der Waals surface area contributed by atoms with Crippen molar-refractivity contribution in [3.63, 3.8) is 0 Å². The zero-order chi connectivity index (χ0) is 19.5. The molecular weight excluding hydrogens is 354 g/mol. The molecule has 6 nitrogen and oxygen atoms in total. The quantitative estimate of drug-likeness (QED) is 0.795. The van der Waals surface area contributed by atoms with Crippen LogP contribution in [-0.4, -0.2) is 66.3 Å². The number of methoxy groups -OCH3 is 1. The van der Waals surface area contributed by atoms with E-state index in [0.29, 0.717) is 12.0 Å². The molecule has 4 rings (SSSR count). The average molecular weight is 383 g/mol. The number of carbonyl (C=O) groups is 1. The van der Waals surface area contributed by atoms with Crippen LogP contribution in [0.5, 0.6) is 0 Å². The van der Waals surface area contributed by atoms with Gasteiger partial charge in [-0.2, -0.15) is 0 Å². The fourth-order valence-electron chi connectivity index (χ4n) is 4.60. The molecule has 0 radical (unpaired) electrons. The summed E-state index contributed by atoms with van der Waals surface area (Å²) < 4.78 is 11.2. The van der Waals surface area contributed by atoms with Crippen LogP contribution >= 0.6 is 0 Å². The first-order valence-corrected chi connectivity index (χ1v) is 10.2. The van der Waals surface area contributed by atoms with Crippen LogP contribution in [0.4, 0.5) is 0 Å². The van der Waals surface area contributed by atoms with Gasteiger partial charge in [-0.15, -0.1) is 0 Å². The largest absolute Gasteiger partial charge is 0.380 e. The molecule has 3 heterocycles. The van der Waals surface area contributed by atoms with Gasteiger partial charge in [-0.25, -0.2) is 0 Å². The first-order valence-electron chi connectivity index (χ1n) is 10.2. The normalized spacial score (nSPS) is 24.0. The number of hydrogen-bond donors (Lipinski definition) is 0. The Bertz CT molecular complexity index is 783. The first-order chi connectivity index (χ1) is 13.6. The highest BCUT2D eigenvalue weighted by atomic mass is 16.5. The van der Waals surface area contributed by atoms with Crippen molar-refractivity contribution in [1.82, 2.24) is 15.0 Å². The van der Waals surface area contributed by atoms with Gasteiger partial charge in [-0.3, -0.25) is 9.69 Å². The van der Waals surface area contributed by atoms with E-state index in [0.717, 1.165) is 62.5 Å². The predicted octanol–water partition coefficient (Wildman–Crippen LogP) is 2.78. The second-order valence-electron chi connectivity index (χ2n) is 8.02. The van der Waals surface area contributed by atoms with E-state index in [1.807, 2.05) is 48.2 Å². The number of rotatable bonds is 5. The van der Waals surface area contributed by atoms with Crippen molar-refractivity contribution in [3.8, 4) is 0 Å². The molecule has 6 heteroatoms. The maximum absolute atomic E-state index is 12.7. The number of benzene rings is 1. The smallest absolute Gasteiger partial charge is 0.253 e. The molecule has 150 valence electrons. The number of hydrogen-bond acceptors (Lipinski definition) is 5. The van der Waals surface area contributed by atoms with Crippen LogP contribution in [0.25, 0.3) is 0 Å². The van der Waals surface area contributed by atoms with Gasteiger partial charge in [-0.1, -0.05) is 23.4 Å². The predicted molar refractivity (Wildman–Crippen MR) is 106 cm³/mol. The van der Waals surface area contributed by atoms with Crippen LogP contribution in [0.3, 0.4) is 0 Å². The Kier molecular flexibility index (Phi) is 5.78. The third-order valence-electron chi connectivity index (χ3n) is 6.14. The van der Waals surface area contributed by atoms with Gasteiger partial charge < -0.3 is 14.2 Å². The van der Waals surface area contributed by atoms with E-state index in [9.17, 15) is 4.79 Å². The molecule has 1 aromatic heterocycles. The van der Waals surface area contributed by atoms with Crippen LogP contribution in [0.15, 0.2) is 40.9 Å². The zero-order valence-electron chi connectivity index (χ0n) is 16.7. The fourth-order valence-corrected chi connectivity index (χ4v) is 4.60. The number of aromatic nitrogens is 1. The number of nitrogens with zero attached hydrogens (tertiary/aromatic N) is 3. The summed E-state index contributed by atoms with van der Waals surface area (Å²) in [6, 6.07) is 12.1. The Balaban J connectivity index is 1.32. The minimum Gasteiger partial charge on any atom is -0.380 e. The van der Waals surface area contributed by atoms with Gasteiger partial charge in [0.2, 0.25) is 0 Å². The summed E-state index contributed by atoms with van der Waals surface area (Å²) in [5, 5.41) is 4.00. The Labute approximate surface area is 166 Å². The highest BCUT2D eigenvalue weighted by Crippen LogP contribution is 2.29. The van der Waals surface area contributed by atoms with Crippen LogP contribution in [-0.2, 0) is 11.2 Å². The molecule has 1 aromatic carbocycles.